The van der Waals surface area contributed by atoms with Crippen LogP contribution in [0.2, 0.25) is 0 Å². The van der Waals surface area contributed by atoms with Gasteiger partial charge in [-0.25, -0.2) is 0 Å². The van der Waals surface area contributed by atoms with Crippen LogP contribution in [0.3, 0.4) is 0 Å². The molecule has 0 aliphatic carbocycles. The second kappa shape index (κ2) is 5.86. The third-order valence-electron chi connectivity index (χ3n) is 3.77. The molecule has 4 rings (SSSR count). The number of benzene rings is 1. The van der Waals surface area contributed by atoms with Gasteiger partial charge < -0.3 is 10.2 Å². The molecule has 2 aromatic rings. The number of thioether (sulfide) groups is 1. The van der Waals surface area contributed by atoms with Crippen LogP contribution in [0.25, 0.3) is 6.08 Å². The van der Waals surface area contributed by atoms with Gasteiger partial charge in [0.05, 0.1) is 12.2 Å². The summed E-state index contributed by atoms with van der Waals surface area (Å²) >= 11 is 3.32. The van der Waals surface area contributed by atoms with Gasteiger partial charge >= 0.3 is 0 Å². The van der Waals surface area contributed by atoms with Crippen LogP contribution in [0.1, 0.15) is 11.8 Å². The largest absolute Gasteiger partial charge is 0.322 e. The van der Waals surface area contributed by atoms with Gasteiger partial charge in [-0.3, -0.25) is 9.79 Å². The van der Waals surface area contributed by atoms with Gasteiger partial charge in [-0.2, -0.15) is 0 Å². The van der Waals surface area contributed by atoms with E-state index in [2.05, 4.69) is 21.3 Å². The minimum Gasteiger partial charge on any atom is -0.322 e. The summed E-state index contributed by atoms with van der Waals surface area (Å²) in [6.45, 7) is 3.61. The fraction of sp³-hybridized carbons (Fsp3) is 0.176. The molecule has 1 aromatic heterocycles. The van der Waals surface area contributed by atoms with Crippen LogP contribution in [0, 0.1) is 0 Å². The molecular weight excluding hydrogens is 326 g/mol. The van der Waals surface area contributed by atoms with Crippen LogP contribution in [-0.2, 0) is 4.79 Å². The lowest BCUT2D eigenvalue weighted by molar-refractivity contribution is -0.112. The van der Waals surface area contributed by atoms with E-state index in [0.717, 1.165) is 34.5 Å². The van der Waals surface area contributed by atoms with Crippen molar-refractivity contribution in [3.8, 4) is 0 Å². The van der Waals surface area contributed by atoms with E-state index in [1.807, 2.05) is 42.6 Å². The number of anilines is 2. The SMILES string of the molecule is CC(=Cc1cccs1)C(=O)Nc1ccc2c(c1)N1CCN=C1S2. The molecule has 0 bridgehead atoms. The number of rotatable bonds is 3. The highest BCUT2D eigenvalue weighted by Crippen LogP contribution is 2.43. The normalized spacial score (nSPS) is 16.1. The number of nitrogens with one attached hydrogen (secondary N) is 1. The van der Waals surface area contributed by atoms with E-state index in [9.17, 15) is 4.79 Å². The maximum Gasteiger partial charge on any atom is 0.251 e. The van der Waals surface area contributed by atoms with Gasteiger partial charge in [0.15, 0.2) is 5.17 Å². The van der Waals surface area contributed by atoms with E-state index in [1.165, 1.54) is 4.90 Å². The zero-order valence-electron chi connectivity index (χ0n) is 12.6. The molecule has 0 unspecified atom stereocenters. The lowest BCUT2D eigenvalue weighted by atomic mass is 10.2. The minimum atomic E-state index is -0.0701. The van der Waals surface area contributed by atoms with E-state index in [-0.39, 0.29) is 5.91 Å². The van der Waals surface area contributed by atoms with Crippen LogP contribution in [0.15, 0.2) is 51.2 Å². The predicted octanol–water partition coefficient (Wildman–Crippen LogP) is 4.07. The van der Waals surface area contributed by atoms with Crippen molar-refractivity contribution in [3.05, 3.63) is 46.2 Å². The average molecular weight is 341 g/mol. The van der Waals surface area contributed by atoms with Gasteiger partial charge in [0, 0.05) is 27.6 Å². The molecule has 1 aromatic carbocycles. The summed E-state index contributed by atoms with van der Waals surface area (Å²) in [5, 5.41) is 6.06. The van der Waals surface area contributed by atoms with Crippen molar-refractivity contribution in [3.63, 3.8) is 0 Å². The van der Waals surface area contributed by atoms with Crippen molar-refractivity contribution in [2.24, 2.45) is 4.99 Å². The van der Waals surface area contributed by atoms with E-state index < -0.39 is 0 Å². The van der Waals surface area contributed by atoms with Crippen LogP contribution < -0.4 is 10.2 Å². The number of hydrogen-bond donors (Lipinski definition) is 1. The molecule has 1 amide bonds. The number of fused-ring (bicyclic) bond motifs is 3. The van der Waals surface area contributed by atoms with E-state index in [4.69, 9.17) is 0 Å². The van der Waals surface area contributed by atoms with Crippen molar-refractivity contribution < 1.29 is 4.79 Å². The fourth-order valence-electron chi connectivity index (χ4n) is 2.61. The Morgan fingerprint density at radius 2 is 2.30 bits per heavy atom. The maximum absolute atomic E-state index is 12.3. The summed E-state index contributed by atoms with van der Waals surface area (Å²) < 4.78 is 0. The summed E-state index contributed by atoms with van der Waals surface area (Å²) in [5.74, 6) is -0.0701. The third kappa shape index (κ3) is 2.80. The molecule has 6 heteroatoms. The summed E-state index contributed by atoms with van der Waals surface area (Å²) in [4.78, 5) is 21.3. The van der Waals surface area contributed by atoms with Gasteiger partial charge in [-0.15, -0.1) is 11.3 Å². The molecule has 0 saturated carbocycles. The molecule has 3 heterocycles. The topological polar surface area (TPSA) is 44.7 Å². The number of amides is 1. The highest BCUT2D eigenvalue weighted by molar-refractivity contribution is 8.14. The van der Waals surface area contributed by atoms with Crippen molar-refractivity contribution in [1.82, 2.24) is 0 Å². The Bertz CT molecular complexity index is 824. The summed E-state index contributed by atoms with van der Waals surface area (Å²) in [5.41, 5.74) is 2.66. The minimum absolute atomic E-state index is 0.0701. The number of thiophene rings is 1. The van der Waals surface area contributed by atoms with Crippen molar-refractivity contribution in [1.29, 1.82) is 0 Å². The Morgan fingerprint density at radius 3 is 3.13 bits per heavy atom. The van der Waals surface area contributed by atoms with Gasteiger partial charge in [0.2, 0.25) is 0 Å². The first-order valence-electron chi connectivity index (χ1n) is 7.38. The van der Waals surface area contributed by atoms with Crippen molar-refractivity contribution in [2.75, 3.05) is 23.3 Å². The number of nitrogens with zero attached hydrogens (tertiary/aromatic N) is 2. The van der Waals surface area contributed by atoms with Crippen LogP contribution in [0.5, 0.6) is 0 Å². The average Bonchev–Trinajstić information content (AvgIpc) is 3.24. The Morgan fingerprint density at radius 1 is 1.39 bits per heavy atom. The molecule has 0 radical (unpaired) electrons. The number of aliphatic imine (C=N–C) groups is 1. The summed E-state index contributed by atoms with van der Waals surface area (Å²) in [6.07, 6.45) is 1.91. The third-order valence-corrected chi connectivity index (χ3v) is 5.69. The first-order chi connectivity index (χ1) is 11.2. The first kappa shape index (κ1) is 14.5. The molecule has 0 spiro atoms. The van der Waals surface area contributed by atoms with Gasteiger partial charge in [0.1, 0.15) is 0 Å². The van der Waals surface area contributed by atoms with E-state index in [1.54, 1.807) is 23.1 Å². The highest BCUT2D eigenvalue weighted by atomic mass is 32.2. The molecule has 0 saturated heterocycles. The first-order valence-corrected chi connectivity index (χ1v) is 9.07. The highest BCUT2D eigenvalue weighted by Gasteiger charge is 2.29. The Kier molecular flexibility index (Phi) is 3.71. The number of carbonyl (C=O) groups excluding carboxylic acids is 1. The summed E-state index contributed by atoms with van der Waals surface area (Å²) in [6, 6.07) is 10.0. The Balaban J connectivity index is 1.53. The Hall–Kier alpha value is -2.05. The zero-order valence-corrected chi connectivity index (χ0v) is 14.2. The monoisotopic (exact) mass is 341 g/mol. The molecule has 0 fully saturated rings. The van der Waals surface area contributed by atoms with E-state index >= 15 is 0 Å². The van der Waals surface area contributed by atoms with Crippen LogP contribution >= 0.6 is 23.1 Å². The van der Waals surface area contributed by atoms with Crippen LogP contribution in [0.4, 0.5) is 11.4 Å². The van der Waals surface area contributed by atoms with Crippen molar-refractivity contribution in [2.45, 2.75) is 11.8 Å². The molecule has 23 heavy (non-hydrogen) atoms. The lowest BCUT2D eigenvalue weighted by Crippen LogP contribution is -2.21. The van der Waals surface area contributed by atoms with Gasteiger partial charge in [-0.05, 0) is 54.4 Å². The smallest absolute Gasteiger partial charge is 0.251 e. The number of carbonyl (C=O) groups is 1. The van der Waals surface area contributed by atoms with Gasteiger partial charge in [0.25, 0.3) is 5.91 Å². The molecule has 1 N–H and O–H groups in total. The zero-order chi connectivity index (χ0) is 15.8. The molecule has 2 aliphatic rings. The lowest BCUT2D eigenvalue weighted by Gasteiger charge is -2.13. The van der Waals surface area contributed by atoms with Crippen LogP contribution in [-0.4, -0.2) is 24.2 Å². The molecular formula is C17H15N3OS2. The molecule has 116 valence electrons. The van der Waals surface area contributed by atoms with Gasteiger partial charge in [-0.1, -0.05) is 6.07 Å². The van der Waals surface area contributed by atoms with E-state index in [0.29, 0.717) is 5.57 Å². The second-order valence-electron chi connectivity index (χ2n) is 5.40. The molecule has 4 nitrogen and oxygen atoms in total. The maximum atomic E-state index is 12.3. The quantitative estimate of drug-likeness (QED) is 0.856. The molecule has 0 atom stereocenters. The second-order valence-corrected chi connectivity index (χ2v) is 7.39. The van der Waals surface area contributed by atoms with Crippen molar-refractivity contribution >= 4 is 51.6 Å². The number of amidine groups is 1. The fourth-order valence-corrected chi connectivity index (χ4v) is 4.39. The predicted molar refractivity (Wildman–Crippen MR) is 98.5 cm³/mol. The summed E-state index contributed by atoms with van der Waals surface area (Å²) in [7, 11) is 0. The Labute approximate surface area is 142 Å². The number of hydrogen-bond acceptors (Lipinski definition) is 5. The molecule has 2 aliphatic heterocycles. The standard InChI is InChI=1S/C17H15N3OS2/c1-11(9-13-3-2-8-22-13)16(21)19-12-4-5-15-14(10-12)20-7-6-18-17(20)23-15/h2-5,8-10H,6-7H2,1H3,(H,19,21).